The molecule has 1 saturated heterocycles. The van der Waals surface area contributed by atoms with Crippen LogP contribution in [0.2, 0.25) is 10.0 Å². The molecular weight excluding hydrogens is 568 g/mol. The number of carbonyl (C=O) groups is 2. The van der Waals surface area contributed by atoms with Crippen molar-refractivity contribution >= 4 is 46.5 Å². The maximum Gasteiger partial charge on any atom is 0.307 e. The molecule has 214 valence electrons. The molecule has 4 atom stereocenters. The van der Waals surface area contributed by atoms with Gasteiger partial charge in [-0.3, -0.25) is 9.59 Å². The molecule has 2 aliphatic heterocycles. The molecular formula is C31H30Cl2FN3O4. The Hall–Kier alpha value is -3.17. The third-order valence-corrected chi connectivity index (χ3v) is 9.55. The van der Waals surface area contributed by atoms with Gasteiger partial charge in [0, 0.05) is 27.9 Å². The van der Waals surface area contributed by atoms with Gasteiger partial charge in [-0.15, -0.1) is 0 Å². The first-order valence-corrected chi connectivity index (χ1v) is 14.5. The van der Waals surface area contributed by atoms with E-state index < -0.39 is 40.9 Å². The van der Waals surface area contributed by atoms with Gasteiger partial charge < -0.3 is 26.2 Å². The molecule has 1 aliphatic carbocycles. The number of amides is 1. The Kier molecular flexibility index (Phi) is 7.22. The number of aliphatic carboxylic acids is 1. The molecule has 3 aromatic rings. The highest BCUT2D eigenvalue weighted by atomic mass is 35.5. The van der Waals surface area contributed by atoms with Crippen LogP contribution in [0.1, 0.15) is 54.7 Å². The van der Waals surface area contributed by atoms with Crippen molar-refractivity contribution in [1.82, 2.24) is 5.32 Å². The number of hydrogen-bond donors (Lipinski definition) is 5. The second-order valence-corrected chi connectivity index (χ2v) is 12.1. The van der Waals surface area contributed by atoms with E-state index >= 15 is 4.39 Å². The molecule has 3 aromatic carbocycles. The number of rotatable bonds is 6. The first-order chi connectivity index (χ1) is 19.7. The van der Waals surface area contributed by atoms with Crippen molar-refractivity contribution in [3.63, 3.8) is 0 Å². The van der Waals surface area contributed by atoms with Crippen molar-refractivity contribution in [1.29, 1.82) is 0 Å². The van der Waals surface area contributed by atoms with Crippen molar-refractivity contribution in [3.05, 3.63) is 93.2 Å². The summed E-state index contributed by atoms with van der Waals surface area (Å²) in [4.78, 5) is 25.5. The number of nitrogens with one attached hydrogen (secondary N) is 3. The predicted molar refractivity (Wildman–Crippen MR) is 156 cm³/mol. The number of hydrogen-bond acceptors (Lipinski definition) is 5. The maximum absolute atomic E-state index is 16.0. The van der Waals surface area contributed by atoms with E-state index in [2.05, 4.69) is 16.0 Å². The van der Waals surface area contributed by atoms with E-state index in [1.165, 1.54) is 6.07 Å². The third-order valence-electron chi connectivity index (χ3n) is 9.02. The molecule has 6 rings (SSSR count). The molecule has 41 heavy (non-hydrogen) atoms. The van der Waals surface area contributed by atoms with Gasteiger partial charge in [-0.25, -0.2) is 4.39 Å². The van der Waals surface area contributed by atoms with E-state index in [4.69, 9.17) is 28.3 Å². The van der Waals surface area contributed by atoms with E-state index in [0.29, 0.717) is 34.8 Å². The van der Waals surface area contributed by atoms with E-state index in [1.807, 2.05) is 6.07 Å². The Balaban J connectivity index is 1.50. The minimum Gasteiger partial charge on any atom is -0.481 e. The molecule has 5 N–H and O–H groups in total. The van der Waals surface area contributed by atoms with Gasteiger partial charge in [0.1, 0.15) is 17.5 Å². The number of aliphatic hydroxyl groups is 1. The highest BCUT2D eigenvalue weighted by Crippen LogP contribution is 2.63. The van der Waals surface area contributed by atoms with Crippen LogP contribution in [0.15, 0.2) is 60.7 Å². The first kappa shape index (κ1) is 28.0. The number of carboxylic acids is 1. The highest BCUT2D eigenvalue weighted by Gasteiger charge is 2.72. The quantitative estimate of drug-likeness (QED) is 0.228. The lowest BCUT2D eigenvalue weighted by molar-refractivity contribution is -0.136. The minimum absolute atomic E-state index is 0.0628. The fraction of sp³-hybridized carbons (Fsp3) is 0.355. The zero-order valence-electron chi connectivity index (χ0n) is 22.1. The largest absolute Gasteiger partial charge is 0.481 e. The van der Waals surface area contributed by atoms with Crippen molar-refractivity contribution < 1.29 is 24.2 Å². The Morgan fingerprint density at radius 2 is 1.80 bits per heavy atom. The number of aliphatic hydroxyl groups excluding tert-OH is 1. The van der Waals surface area contributed by atoms with Crippen LogP contribution in [-0.2, 0) is 21.4 Å². The Bertz CT molecular complexity index is 1510. The molecule has 1 amide bonds. The van der Waals surface area contributed by atoms with E-state index in [0.717, 1.165) is 24.8 Å². The van der Waals surface area contributed by atoms with E-state index in [9.17, 15) is 14.7 Å². The number of benzene rings is 3. The summed E-state index contributed by atoms with van der Waals surface area (Å²) in [5, 5.41) is 31.1. The number of carboxylic acid groups (broad SMARTS) is 1. The van der Waals surface area contributed by atoms with Crippen LogP contribution in [-0.4, -0.2) is 39.9 Å². The van der Waals surface area contributed by atoms with Crippen LogP contribution in [0.4, 0.5) is 15.8 Å². The van der Waals surface area contributed by atoms with Crippen molar-refractivity contribution in [3.8, 4) is 0 Å². The molecule has 2 heterocycles. The molecule has 0 aromatic heterocycles. The fourth-order valence-corrected chi connectivity index (χ4v) is 7.82. The number of halogens is 3. The lowest BCUT2D eigenvalue weighted by Gasteiger charge is -2.47. The predicted octanol–water partition coefficient (Wildman–Crippen LogP) is 5.84. The van der Waals surface area contributed by atoms with Gasteiger partial charge in [0.05, 0.1) is 17.5 Å². The molecule has 1 unspecified atom stereocenters. The monoisotopic (exact) mass is 597 g/mol. The molecule has 10 heteroatoms. The van der Waals surface area contributed by atoms with Gasteiger partial charge >= 0.3 is 5.97 Å². The van der Waals surface area contributed by atoms with Crippen molar-refractivity contribution in [2.24, 2.45) is 0 Å². The molecule has 0 radical (unpaired) electrons. The topological polar surface area (TPSA) is 111 Å². The van der Waals surface area contributed by atoms with Gasteiger partial charge in [-0.05, 0) is 59.9 Å². The lowest BCUT2D eigenvalue weighted by Crippen LogP contribution is -2.60. The molecule has 2 spiro atoms. The number of fused-ring (bicyclic) bond motifs is 3. The van der Waals surface area contributed by atoms with Crippen molar-refractivity contribution in [2.45, 2.75) is 67.7 Å². The van der Waals surface area contributed by atoms with Crippen LogP contribution >= 0.6 is 23.2 Å². The van der Waals surface area contributed by atoms with E-state index in [1.54, 1.807) is 48.5 Å². The standard InChI is InChI=1S/C31H30Cl2FN3O4/c32-18-9-12-21-23(16-18)36-29(41)31(21)25(20-5-4-6-22(33)26(20)34)27(37-30(31)13-2-1-3-14-30)28(40)35-19-10-7-17(8-11-19)15-24(38)39/h4-12,16,25,27-28,35,37,40H,1-3,13-15H2,(H,36,41)(H,38,39)/t25-,27+,28?,31+/m0/s1. The second kappa shape index (κ2) is 10.6. The first-order valence-electron chi connectivity index (χ1n) is 13.7. The minimum atomic E-state index is -1.25. The third kappa shape index (κ3) is 4.48. The zero-order chi connectivity index (χ0) is 28.9. The highest BCUT2D eigenvalue weighted by molar-refractivity contribution is 6.31. The van der Waals surface area contributed by atoms with Gasteiger partial charge in [-0.2, -0.15) is 0 Å². The summed E-state index contributed by atoms with van der Waals surface area (Å²) in [7, 11) is 0. The van der Waals surface area contributed by atoms with Gasteiger partial charge in [0.25, 0.3) is 0 Å². The van der Waals surface area contributed by atoms with Crippen LogP contribution in [0.5, 0.6) is 0 Å². The Morgan fingerprint density at radius 1 is 1.07 bits per heavy atom. The van der Waals surface area contributed by atoms with Gasteiger partial charge in [-0.1, -0.05) is 72.8 Å². The van der Waals surface area contributed by atoms with Gasteiger partial charge in [0.15, 0.2) is 0 Å². The smallest absolute Gasteiger partial charge is 0.307 e. The zero-order valence-corrected chi connectivity index (χ0v) is 23.6. The van der Waals surface area contributed by atoms with Crippen molar-refractivity contribution in [2.75, 3.05) is 10.6 Å². The second-order valence-electron chi connectivity index (χ2n) is 11.2. The van der Waals surface area contributed by atoms with Gasteiger partial charge in [0.2, 0.25) is 5.91 Å². The molecule has 3 aliphatic rings. The molecule has 7 nitrogen and oxygen atoms in total. The average molecular weight is 599 g/mol. The molecule has 0 bridgehead atoms. The van der Waals surface area contributed by atoms with Crippen LogP contribution < -0.4 is 16.0 Å². The fourth-order valence-electron chi connectivity index (χ4n) is 7.47. The summed E-state index contributed by atoms with van der Waals surface area (Å²) >= 11 is 12.6. The summed E-state index contributed by atoms with van der Waals surface area (Å²) in [5.41, 5.74) is 0.698. The molecule has 2 fully saturated rings. The number of anilines is 2. The lowest BCUT2D eigenvalue weighted by atomic mass is 9.55. The summed E-state index contributed by atoms with van der Waals surface area (Å²) in [6.07, 6.45) is 2.72. The van der Waals surface area contributed by atoms with Crippen LogP contribution in [0, 0.1) is 5.82 Å². The maximum atomic E-state index is 16.0. The molecule has 1 saturated carbocycles. The summed E-state index contributed by atoms with van der Waals surface area (Å²) in [5.74, 6) is -2.66. The van der Waals surface area contributed by atoms with Crippen LogP contribution in [0.3, 0.4) is 0 Å². The van der Waals surface area contributed by atoms with Crippen LogP contribution in [0.25, 0.3) is 0 Å². The normalized spacial score (nSPS) is 25.2. The Morgan fingerprint density at radius 3 is 2.51 bits per heavy atom. The summed E-state index contributed by atoms with van der Waals surface area (Å²) < 4.78 is 16.0. The summed E-state index contributed by atoms with van der Waals surface area (Å²) in [6.45, 7) is 0. The van der Waals surface area contributed by atoms with E-state index in [-0.39, 0.29) is 22.9 Å². The number of carbonyl (C=O) groups excluding carboxylic acids is 1. The SMILES string of the molecule is O=C(O)Cc1ccc(NC(O)[C@@H]2NC3(CCCCC3)[C@@]3(C(=O)Nc4cc(Cl)ccc43)[C@H]2c2cccc(Cl)c2F)cc1. The Labute approximate surface area is 247 Å². The average Bonchev–Trinajstić information content (AvgIpc) is 3.39. The summed E-state index contributed by atoms with van der Waals surface area (Å²) in [6, 6.07) is 16.0.